The maximum Gasteiger partial charge on any atom is 0.322 e. The van der Waals surface area contributed by atoms with Crippen LogP contribution >= 0.6 is 11.8 Å². The number of hydrogen-bond acceptors (Lipinski definition) is 6. The van der Waals surface area contributed by atoms with E-state index in [0.717, 1.165) is 10.5 Å². The molecule has 4 rings (SSSR count). The third-order valence-corrected chi connectivity index (χ3v) is 5.13. The number of benzene rings is 3. The molecule has 30 heavy (non-hydrogen) atoms. The lowest BCUT2D eigenvalue weighted by atomic mass is 10.0. The van der Waals surface area contributed by atoms with E-state index >= 15 is 0 Å². The molecule has 0 atom stereocenters. The van der Waals surface area contributed by atoms with Crippen molar-refractivity contribution in [1.29, 1.82) is 0 Å². The minimum absolute atomic E-state index is 0.00833. The molecular weight excluding hydrogens is 398 g/mol. The third kappa shape index (κ3) is 4.31. The van der Waals surface area contributed by atoms with E-state index in [1.807, 2.05) is 48.7 Å². The van der Waals surface area contributed by atoms with Crippen LogP contribution in [0.5, 0.6) is 0 Å². The molecule has 0 radical (unpaired) electrons. The summed E-state index contributed by atoms with van der Waals surface area (Å²) in [7, 11) is 0. The number of hydrogen-bond donors (Lipinski definition) is 1. The molecule has 1 aromatic heterocycles. The number of anilines is 1. The van der Waals surface area contributed by atoms with Gasteiger partial charge in [-0.15, -0.1) is 16.9 Å². The minimum Gasteiger partial charge on any atom is -0.403 e. The van der Waals surface area contributed by atoms with E-state index in [2.05, 4.69) is 15.5 Å². The SMILES string of the molecule is CSc1cccc(-c2nnc(NC(=O)c3ccc(C(=O)c4ccccc4)cc3)o2)c1. The highest BCUT2D eigenvalue weighted by Crippen LogP contribution is 2.24. The van der Waals surface area contributed by atoms with Gasteiger partial charge in [-0.2, -0.15) is 0 Å². The van der Waals surface area contributed by atoms with Crippen LogP contribution in [0.15, 0.2) is 88.2 Å². The molecule has 0 unspecified atom stereocenters. The molecule has 0 fully saturated rings. The Morgan fingerprint density at radius 3 is 2.27 bits per heavy atom. The lowest BCUT2D eigenvalue weighted by Crippen LogP contribution is -2.12. The monoisotopic (exact) mass is 415 g/mol. The summed E-state index contributed by atoms with van der Waals surface area (Å²) in [5.74, 6) is -0.177. The Labute approximate surface area is 177 Å². The first-order chi connectivity index (χ1) is 14.6. The average molecular weight is 415 g/mol. The average Bonchev–Trinajstić information content (AvgIpc) is 3.28. The molecule has 0 aliphatic rings. The van der Waals surface area contributed by atoms with E-state index in [1.165, 1.54) is 0 Å². The fourth-order valence-corrected chi connectivity index (χ4v) is 3.30. The number of carbonyl (C=O) groups excluding carboxylic acids is 2. The number of rotatable bonds is 6. The van der Waals surface area contributed by atoms with E-state index < -0.39 is 5.91 Å². The van der Waals surface area contributed by atoms with Crippen molar-refractivity contribution in [2.75, 3.05) is 11.6 Å². The molecule has 1 N–H and O–H groups in total. The lowest BCUT2D eigenvalue weighted by molar-refractivity contribution is 0.101. The number of nitrogens with one attached hydrogen (secondary N) is 1. The number of thioether (sulfide) groups is 1. The van der Waals surface area contributed by atoms with E-state index in [4.69, 9.17) is 4.42 Å². The van der Waals surface area contributed by atoms with Gasteiger partial charge in [0.1, 0.15) is 0 Å². The van der Waals surface area contributed by atoms with Crippen LogP contribution in [0, 0.1) is 0 Å². The van der Waals surface area contributed by atoms with Crippen LogP contribution in [0.3, 0.4) is 0 Å². The van der Waals surface area contributed by atoms with Gasteiger partial charge in [0, 0.05) is 27.1 Å². The first kappa shape index (κ1) is 19.6. The summed E-state index contributed by atoms with van der Waals surface area (Å²) >= 11 is 1.61. The predicted octanol–water partition coefficient (Wildman–Crippen LogP) is 4.94. The van der Waals surface area contributed by atoms with Gasteiger partial charge in [-0.05, 0) is 36.6 Å². The molecule has 0 aliphatic heterocycles. The first-order valence-corrected chi connectivity index (χ1v) is 10.4. The number of nitrogens with zero attached hydrogens (tertiary/aromatic N) is 2. The highest BCUT2D eigenvalue weighted by atomic mass is 32.2. The Hall–Kier alpha value is -3.71. The van der Waals surface area contributed by atoms with Crippen molar-refractivity contribution in [2.24, 2.45) is 0 Å². The molecular formula is C23H17N3O3S. The smallest absolute Gasteiger partial charge is 0.322 e. The molecule has 6 nitrogen and oxygen atoms in total. The fraction of sp³-hybridized carbons (Fsp3) is 0.0435. The Morgan fingerprint density at radius 2 is 1.53 bits per heavy atom. The van der Waals surface area contributed by atoms with Gasteiger partial charge < -0.3 is 4.42 Å². The Balaban J connectivity index is 1.45. The number of amides is 1. The van der Waals surface area contributed by atoms with Crippen LogP contribution in [-0.4, -0.2) is 28.1 Å². The predicted molar refractivity (Wildman–Crippen MR) is 116 cm³/mol. The molecule has 0 saturated heterocycles. The number of ketones is 1. The normalized spacial score (nSPS) is 10.6. The van der Waals surface area contributed by atoms with Gasteiger partial charge in [-0.1, -0.05) is 53.6 Å². The van der Waals surface area contributed by atoms with Crippen molar-refractivity contribution in [2.45, 2.75) is 4.90 Å². The van der Waals surface area contributed by atoms with Gasteiger partial charge in [0.05, 0.1) is 0 Å². The van der Waals surface area contributed by atoms with E-state index in [-0.39, 0.29) is 11.8 Å². The number of carbonyl (C=O) groups is 2. The highest BCUT2D eigenvalue weighted by Gasteiger charge is 2.14. The standard InChI is InChI=1S/C23H17N3O3S/c1-30-19-9-5-8-18(14-19)22-25-26-23(29-22)24-21(28)17-12-10-16(11-13-17)20(27)15-6-3-2-4-7-15/h2-14H,1H3,(H,24,26,28). The minimum atomic E-state index is -0.401. The Morgan fingerprint density at radius 1 is 0.833 bits per heavy atom. The zero-order valence-corrected chi connectivity index (χ0v) is 16.8. The van der Waals surface area contributed by atoms with Crippen LogP contribution in [0.4, 0.5) is 6.01 Å². The lowest BCUT2D eigenvalue weighted by Gasteiger charge is -2.04. The molecule has 1 amide bonds. The zero-order chi connectivity index (χ0) is 20.9. The molecule has 3 aromatic carbocycles. The molecule has 1 heterocycles. The van der Waals surface area contributed by atoms with Crippen molar-refractivity contribution in [3.05, 3.63) is 95.6 Å². The van der Waals surface area contributed by atoms with Gasteiger partial charge >= 0.3 is 6.01 Å². The summed E-state index contributed by atoms with van der Waals surface area (Å²) in [4.78, 5) is 26.0. The fourth-order valence-electron chi connectivity index (χ4n) is 2.84. The van der Waals surface area contributed by atoms with Crippen molar-refractivity contribution >= 4 is 29.5 Å². The van der Waals surface area contributed by atoms with E-state index in [9.17, 15) is 9.59 Å². The van der Waals surface area contributed by atoms with Crippen molar-refractivity contribution < 1.29 is 14.0 Å². The topological polar surface area (TPSA) is 85.1 Å². The molecule has 148 valence electrons. The first-order valence-electron chi connectivity index (χ1n) is 9.13. The summed E-state index contributed by atoms with van der Waals surface area (Å²) in [5, 5.41) is 10.5. The van der Waals surface area contributed by atoms with Gasteiger partial charge in [0.25, 0.3) is 5.91 Å². The van der Waals surface area contributed by atoms with Crippen molar-refractivity contribution in [3.8, 4) is 11.5 Å². The van der Waals surface area contributed by atoms with Crippen LogP contribution in [0.25, 0.3) is 11.5 Å². The van der Waals surface area contributed by atoms with Crippen molar-refractivity contribution in [3.63, 3.8) is 0 Å². The third-order valence-electron chi connectivity index (χ3n) is 4.41. The second kappa shape index (κ2) is 8.75. The van der Waals surface area contributed by atoms with Crippen LogP contribution in [0.2, 0.25) is 0 Å². The van der Waals surface area contributed by atoms with Crippen LogP contribution < -0.4 is 5.32 Å². The van der Waals surface area contributed by atoms with Gasteiger partial charge in [0.2, 0.25) is 5.89 Å². The second-order valence-corrected chi connectivity index (χ2v) is 7.25. The Kier molecular flexibility index (Phi) is 5.72. The van der Waals surface area contributed by atoms with Crippen LogP contribution in [0.1, 0.15) is 26.3 Å². The summed E-state index contributed by atoms with van der Waals surface area (Å²) in [5.41, 5.74) is 2.26. The maximum absolute atomic E-state index is 12.5. The zero-order valence-electron chi connectivity index (χ0n) is 16.0. The molecule has 0 spiro atoms. The molecule has 4 aromatic rings. The van der Waals surface area contributed by atoms with Gasteiger partial charge in [-0.25, -0.2) is 0 Å². The molecule has 7 heteroatoms. The quantitative estimate of drug-likeness (QED) is 0.355. The van der Waals surface area contributed by atoms with Crippen LogP contribution in [-0.2, 0) is 0 Å². The van der Waals surface area contributed by atoms with Gasteiger partial charge in [0.15, 0.2) is 5.78 Å². The molecule has 0 bridgehead atoms. The number of aromatic nitrogens is 2. The maximum atomic E-state index is 12.5. The molecule has 0 aliphatic carbocycles. The summed E-state index contributed by atoms with van der Waals surface area (Å²) in [6, 6.07) is 23.1. The largest absolute Gasteiger partial charge is 0.403 e. The summed E-state index contributed by atoms with van der Waals surface area (Å²) in [6.45, 7) is 0. The van der Waals surface area contributed by atoms with Gasteiger partial charge in [-0.3, -0.25) is 14.9 Å². The highest BCUT2D eigenvalue weighted by molar-refractivity contribution is 7.98. The molecule has 0 saturated carbocycles. The summed E-state index contributed by atoms with van der Waals surface area (Å²) in [6.07, 6.45) is 1.98. The summed E-state index contributed by atoms with van der Waals surface area (Å²) < 4.78 is 5.56. The van der Waals surface area contributed by atoms with E-state index in [1.54, 1.807) is 48.2 Å². The van der Waals surface area contributed by atoms with E-state index in [0.29, 0.717) is 22.6 Å². The Bertz CT molecular complexity index is 1190. The van der Waals surface area contributed by atoms with Crippen molar-refractivity contribution in [1.82, 2.24) is 10.2 Å². The second-order valence-electron chi connectivity index (χ2n) is 6.37.